The van der Waals surface area contributed by atoms with Crippen LogP contribution in [0.5, 0.6) is 5.75 Å². The third-order valence-corrected chi connectivity index (χ3v) is 2.70. The largest absolute Gasteiger partial charge is 0.488 e. The Hall–Kier alpha value is -1.26. The first-order chi connectivity index (χ1) is 7.83. The van der Waals surface area contributed by atoms with E-state index in [0.717, 1.165) is 24.4 Å². The van der Waals surface area contributed by atoms with Crippen molar-refractivity contribution in [1.29, 1.82) is 0 Å². The van der Waals surface area contributed by atoms with Gasteiger partial charge in [0.2, 0.25) is 0 Å². The molecule has 1 atom stereocenters. The third kappa shape index (κ3) is 2.46. The normalized spacial score (nSPS) is 18.0. The summed E-state index contributed by atoms with van der Waals surface area (Å²) in [6.45, 7) is 2.09. The van der Waals surface area contributed by atoms with E-state index in [1.165, 1.54) is 5.56 Å². The first-order valence-electron chi connectivity index (χ1n) is 5.56. The molecule has 4 heteroatoms. The van der Waals surface area contributed by atoms with Crippen molar-refractivity contribution in [1.82, 2.24) is 0 Å². The fraction of sp³-hybridized carbons (Fsp3) is 0.500. The second-order valence-corrected chi connectivity index (χ2v) is 3.92. The van der Waals surface area contributed by atoms with Crippen molar-refractivity contribution in [2.24, 2.45) is 5.73 Å². The van der Waals surface area contributed by atoms with Crippen molar-refractivity contribution in [3.63, 3.8) is 0 Å². The maximum absolute atomic E-state index is 5.66. The number of nitrogens with one attached hydrogen (secondary N) is 1. The molecule has 0 aromatic heterocycles. The molecule has 88 valence electrons. The van der Waals surface area contributed by atoms with Crippen LogP contribution in [0.1, 0.15) is 5.56 Å². The Balaban J connectivity index is 1.98. The molecule has 0 saturated carbocycles. The lowest BCUT2D eigenvalue weighted by atomic mass is 10.1. The molecule has 1 aliphatic rings. The van der Waals surface area contributed by atoms with Gasteiger partial charge < -0.3 is 20.5 Å². The van der Waals surface area contributed by atoms with Gasteiger partial charge in [0.25, 0.3) is 0 Å². The molecule has 0 bridgehead atoms. The van der Waals surface area contributed by atoms with Gasteiger partial charge in [0.1, 0.15) is 11.9 Å². The predicted molar refractivity (Wildman–Crippen MR) is 64.0 cm³/mol. The molecule has 1 heterocycles. The summed E-state index contributed by atoms with van der Waals surface area (Å²) in [4.78, 5) is 0. The highest BCUT2D eigenvalue weighted by molar-refractivity contribution is 5.52. The summed E-state index contributed by atoms with van der Waals surface area (Å²) in [6.07, 6.45) is 1.05. The Morgan fingerprint density at radius 2 is 2.44 bits per heavy atom. The van der Waals surface area contributed by atoms with Crippen molar-refractivity contribution in [3.05, 3.63) is 23.8 Å². The van der Waals surface area contributed by atoms with E-state index in [1.807, 2.05) is 12.1 Å². The van der Waals surface area contributed by atoms with Crippen LogP contribution in [0.3, 0.4) is 0 Å². The van der Waals surface area contributed by atoms with E-state index >= 15 is 0 Å². The van der Waals surface area contributed by atoms with Crippen molar-refractivity contribution < 1.29 is 9.47 Å². The van der Waals surface area contributed by atoms with Gasteiger partial charge in [-0.1, -0.05) is 0 Å². The van der Waals surface area contributed by atoms with Crippen LogP contribution in [0, 0.1) is 0 Å². The summed E-state index contributed by atoms with van der Waals surface area (Å²) < 4.78 is 10.6. The zero-order valence-electron chi connectivity index (χ0n) is 9.53. The first kappa shape index (κ1) is 11.2. The van der Waals surface area contributed by atoms with Crippen molar-refractivity contribution in [2.75, 3.05) is 32.1 Å². The van der Waals surface area contributed by atoms with Gasteiger partial charge in [0.05, 0.1) is 6.61 Å². The molecule has 4 nitrogen and oxygen atoms in total. The van der Waals surface area contributed by atoms with E-state index in [2.05, 4.69) is 11.4 Å². The Morgan fingerprint density at radius 1 is 1.56 bits per heavy atom. The highest BCUT2D eigenvalue weighted by Gasteiger charge is 2.21. The molecule has 2 rings (SSSR count). The maximum atomic E-state index is 5.66. The maximum Gasteiger partial charge on any atom is 0.123 e. The molecule has 0 amide bonds. The van der Waals surface area contributed by atoms with E-state index in [4.69, 9.17) is 15.2 Å². The molecule has 1 aromatic rings. The number of nitrogens with two attached hydrogens (primary N) is 1. The molecule has 0 aliphatic carbocycles. The van der Waals surface area contributed by atoms with Gasteiger partial charge >= 0.3 is 0 Å². The number of ether oxygens (including phenoxy) is 2. The second kappa shape index (κ2) is 5.18. The van der Waals surface area contributed by atoms with Crippen molar-refractivity contribution in [3.8, 4) is 5.75 Å². The van der Waals surface area contributed by atoms with Gasteiger partial charge in [-0.25, -0.2) is 0 Å². The SMILES string of the molecule is COCCNc1ccc2c(c1)CC(CN)O2. The predicted octanol–water partition coefficient (Wildman–Crippen LogP) is 1.01. The van der Waals surface area contributed by atoms with Crippen LogP contribution >= 0.6 is 0 Å². The van der Waals surface area contributed by atoms with Gasteiger partial charge in [-0.2, -0.15) is 0 Å². The highest BCUT2D eigenvalue weighted by Crippen LogP contribution is 2.30. The van der Waals surface area contributed by atoms with Gasteiger partial charge in [0, 0.05) is 32.3 Å². The second-order valence-electron chi connectivity index (χ2n) is 3.92. The fourth-order valence-electron chi connectivity index (χ4n) is 1.86. The lowest BCUT2D eigenvalue weighted by molar-refractivity contribution is 0.211. The number of benzene rings is 1. The molecule has 0 radical (unpaired) electrons. The van der Waals surface area contributed by atoms with E-state index < -0.39 is 0 Å². The zero-order valence-corrected chi connectivity index (χ0v) is 9.53. The lowest BCUT2D eigenvalue weighted by Crippen LogP contribution is -2.24. The molecule has 1 aliphatic heterocycles. The molecule has 16 heavy (non-hydrogen) atoms. The van der Waals surface area contributed by atoms with Crippen LogP contribution in [0.25, 0.3) is 0 Å². The topological polar surface area (TPSA) is 56.5 Å². The molecular weight excluding hydrogens is 204 g/mol. The molecule has 1 unspecified atom stereocenters. The monoisotopic (exact) mass is 222 g/mol. The van der Waals surface area contributed by atoms with Crippen molar-refractivity contribution >= 4 is 5.69 Å². The van der Waals surface area contributed by atoms with E-state index in [-0.39, 0.29) is 6.10 Å². The van der Waals surface area contributed by atoms with Crippen LogP contribution in [-0.4, -0.2) is 32.9 Å². The van der Waals surface area contributed by atoms with Crippen LogP contribution in [0.2, 0.25) is 0 Å². The summed E-state index contributed by atoms with van der Waals surface area (Å²) in [5, 5.41) is 3.30. The summed E-state index contributed by atoms with van der Waals surface area (Å²) in [5.41, 5.74) is 7.93. The molecule has 1 aromatic carbocycles. The third-order valence-electron chi connectivity index (χ3n) is 2.70. The van der Waals surface area contributed by atoms with E-state index in [1.54, 1.807) is 7.11 Å². The standard InChI is InChI=1S/C12H18N2O2/c1-15-5-4-14-10-2-3-12-9(6-10)7-11(8-13)16-12/h2-3,6,11,14H,4-5,7-8,13H2,1H3. The van der Waals surface area contributed by atoms with Gasteiger partial charge in [-0.15, -0.1) is 0 Å². The minimum atomic E-state index is 0.143. The molecular formula is C12H18N2O2. The van der Waals surface area contributed by atoms with Crippen LogP contribution in [0.4, 0.5) is 5.69 Å². The minimum Gasteiger partial charge on any atom is -0.488 e. The van der Waals surface area contributed by atoms with Crippen LogP contribution in [-0.2, 0) is 11.2 Å². The lowest BCUT2D eigenvalue weighted by Gasteiger charge is -2.07. The average molecular weight is 222 g/mol. The molecule has 3 N–H and O–H groups in total. The van der Waals surface area contributed by atoms with Gasteiger partial charge in [-0.3, -0.25) is 0 Å². The Morgan fingerprint density at radius 3 is 3.19 bits per heavy atom. The number of hydrogen-bond donors (Lipinski definition) is 2. The van der Waals surface area contributed by atoms with E-state index in [0.29, 0.717) is 13.2 Å². The van der Waals surface area contributed by atoms with Crippen LogP contribution < -0.4 is 15.8 Å². The number of fused-ring (bicyclic) bond motifs is 1. The molecule has 0 saturated heterocycles. The summed E-state index contributed by atoms with van der Waals surface area (Å²) in [5.74, 6) is 0.966. The van der Waals surface area contributed by atoms with Crippen LogP contribution in [0.15, 0.2) is 18.2 Å². The smallest absolute Gasteiger partial charge is 0.123 e. The average Bonchev–Trinajstić information content (AvgIpc) is 2.71. The number of methoxy groups -OCH3 is 1. The van der Waals surface area contributed by atoms with Gasteiger partial charge in [0.15, 0.2) is 0 Å². The van der Waals surface area contributed by atoms with Crippen molar-refractivity contribution in [2.45, 2.75) is 12.5 Å². The summed E-state index contributed by atoms with van der Waals surface area (Å²) >= 11 is 0. The summed E-state index contributed by atoms with van der Waals surface area (Å²) in [7, 11) is 1.70. The first-order valence-corrected chi connectivity index (χ1v) is 5.56. The summed E-state index contributed by atoms with van der Waals surface area (Å²) in [6, 6.07) is 6.15. The Labute approximate surface area is 95.7 Å². The highest BCUT2D eigenvalue weighted by atomic mass is 16.5. The zero-order chi connectivity index (χ0) is 11.4. The van der Waals surface area contributed by atoms with E-state index in [9.17, 15) is 0 Å². The Kier molecular flexibility index (Phi) is 3.64. The Bertz CT molecular complexity index is 355. The quantitative estimate of drug-likeness (QED) is 0.730. The number of rotatable bonds is 5. The van der Waals surface area contributed by atoms with Gasteiger partial charge in [-0.05, 0) is 23.8 Å². The minimum absolute atomic E-state index is 0.143. The molecule has 0 spiro atoms. The molecule has 0 fully saturated rings. The fourth-order valence-corrected chi connectivity index (χ4v) is 1.86. The number of anilines is 1. The number of hydrogen-bond acceptors (Lipinski definition) is 4.